The summed E-state index contributed by atoms with van der Waals surface area (Å²) in [6.45, 7) is 7.47. The molecule has 0 unspecified atom stereocenters. The molecule has 2 aliphatic rings. The highest BCUT2D eigenvalue weighted by molar-refractivity contribution is 5.97. The molecule has 5 heteroatoms. The molecule has 0 saturated carbocycles. The molecule has 1 N–H and O–H groups in total. The van der Waals surface area contributed by atoms with Gasteiger partial charge in [0.25, 0.3) is 5.91 Å². The van der Waals surface area contributed by atoms with Crippen LogP contribution >= 0.6 is 0 Å². The summed E-state index contributed by atoms with van der Waals surface area (Å²) < 4.78 is 0. The first-order chi connectivity index (χ1) is 13.6. The van der Waals surface area contributed by atoms with Crippen LogP contribution in [0.1, 0.15) is 34.3 Å². The first kappa shape index (κ1) is 18.7. The largest absolute Gasteiger partial charge is 0.328 e. The summed E-state index contributed by atoms with van der Waals surface area (Å²) in [5.41, 5.74) is 4.33. The second-order valence-electron chi connectivity index (χ2n) is 7.84. The van der Waals surface area contributed by atoms with Gasteiger partial charge in [-0.25, -0.2) is 0 Å². The highest BCUT2D eigenvalue weighted by Crippen LogP contribution is 2.22. The van der Waals surface area contributed by atoms with Crippen molar-refractivity contribution >= 4 is 17.5 Å². The van der Waals surface area contributed by atoms with Gasteiger partial charge in [-0.15, -0.1) is 0 Å². The number of nitrogens with one attached hydrogen (secondary N) is 1. The third kappa shape index (κ3) is 3.94. The molecule has 2 aromatic carbocycles. The number of aryl methyl sites for hydroxylation is 1. The van der Waals surface area contributed by atoms with E-state index in [9.17, 15) is 9.59 Å². The Balaban J connectivity index is 1.33. The fraction of sp³-hybridized carbons (Fsp3) is 0.391. The van der Waals surface area contributed by atoms with Gasteiger partial charge < -0.3 is 14.7 Å². The lowest BCUT2D eigenvalue weighted by Crippen LogP contribution is -3.13. The summed E-state index contributed by atoms with van der Waals surface area (Å²) in [6, 6.07) is 16.1. The quantitative estimate of drug-likeness (QED) is 0.880. The predicted octanol–water partition coefficient (Wildman–Crippen LogP) is 1.66. The monoisotopic (exact) mass is 378 g/mol. The lowest BCUT2D eigenvalue weighted by molar-refractivity contribution is -0.917. The smallest absolute Gasteiger partial charge is 0.254 e. The van der Waals surface area contributed by atoms with Gasteiger partial charge in [-0.1, -0.05) is 24.3 Å². The van der Waals surface area contributed by atoms with Crippen molar-refractivity contribution in [3.8, 4) is 0 Å². The maximum absolute atomic E-state index is 12.9. The summed E-state index contributed by atoms with van der Waals surface area (Å²) >= 11 is 0. The van der Waals surface area contributed by atoms with Gasteiger partial charge in [0.15, 0.2) is 0 Å². The van der Waals surface area contributed by atoms with Gasteiger partial charge in [-0.2, -0.15) is 0 Å². The Morgan fingerprint density at radius 2 is 1.71 bits per heavy atom. The Bertz CT molecular complexity index is 854. The topological polar surface area (TPSA) is 45.1 Å². The summed E-state index contributed by atoms with van der Waals surface area (Å²) in [5, 5.41) is 0. The molecule has 2 aromatic rings. The fourth-order valence-electron chi connectivity index (χ4n) is 4.17. The number of carbonyl (C=O) groups excluding carboxylic acids is 2. The number of piperazine rings is 1. The number of carbonyl (C=O) groups is 2. The van der Waals surface area contributed by atoms with Crippen LogP contribution in [0.5, 0.6) is 0 Å². The lowest BCUT2D eigenvalue weighted by atomic mass is 10.1. The Morgan fingerprint density at radius 3 is 2.36 bits per heavy atom. The maximum atomic E-state index is 12.9. The molecule has 0 spiro atoms. The zero-order valence-corrected chi connectivity index (χ0v) is 16.5. The number of quaternary nitrogens is 1. The fourth-order valence-corrected chi connectivity index (χ4v) is 4.17. The molecule has 2 heterocycles. The Morgan fingerprint density at radius 1 is 1.00 bits per heavy atom. The first-order valence-corrected chi connectivity index (χ1v) is 10.2. The van der Waals surface area contributed by atoms with E-state index in [1.807, 2.05) is 34.1 Å². The third-order valence-corrected chi connectivity index (χ3v) is 5.96. The van der Waals surface area contributed by atoms with Crippen molar-refractivity contribution in [2.24, 2.45) is 0 Å². The minimum atomic E-state index is 0.0919. The van der Waals surface area contributed by atoms with Crippen LogP contribution < -0.4 is 9.80 Å². The van der Waals surface area contributed by atoms with Crippen molar-refractivity contribution in [2.75, 3.05) is 37.6 Å². The normalized spacial score (nSPS) is 18.0. The van der Waals surface area contributed by atoms with Crippen LogP contribution in [0, 0.1) is 6.92 Å². The molecule has 0 atom stereocenters. The van der Waals surface area contributed by atoms with Gasteiger partial charge in [-0.3, -0.25) is 9.59 Å². The molecule has 0 bridgehead atoms. The summed E-state index contributed by atoms with van der Waals surface area (Å²) in [6.07, 6.45) is 1.53. The molecule has 146 valence electrons. The molecule has 2 aliphatic heterocycles. The Hall–Kier alpha value is -2.66. The van der Waals surface area contributed by atoms with E-state index < -0.39 is 0 Å². The average Bonchev–Trinajstić information content (AvgIpc) is 3.16. The maximum Gasteiger partial charge on any atom is 0.254 e. The second kappa shape index (κ2) is 8.15. The van der Waals surface area contributed by atoms with E-state index in [-0.39, 0.29) is 11.8 Å². The van der Waals surface area contributed by atoms with Crippen LogP contribution in [-0.2, 0) is 11.3 Å². The first-order valence-electron chi connectivity index (χ1n) is 10.2. The average molecular weight is 378 g/mol. The highest BCUT2D eigenvalue weighted by Gasteiger charge is 2.26. The Labute approximate surface area is 166 Å². The van der Waals surface area contributed by atoms with Gasteiger partial charge in [0.05, 0.1) is 26.2 Å². The van der Waals surface area contributed by atoms with Crippen LogP contribution in [0.2, 0.25) is 0 Å². The van der Waals surface area contributed by atoms with Crippen molar-refractivity contribution < 1.29 is 14.5 Å². The number of amides is 2. The van der Waals surface area contributed by atoms with E-state index >= 15 is 0 Å². The highest BCUT2D eigenvalue weighted by atomic mass is 16.2. The molecular weight excluding hydrogens is 350 g/mol. The van der Waals surface area contributed by atoms with Gasteiger partial charge >= 0.3 is 0 Å². The molecule has 0 aliphatic carbocycles. The van der Waals surface area contributed by atoms with E-state index in [4.69, 9.17) is 0 Å². The second-order valence-corrected chi connectivity index (χ2v) is 7.84. The van der Waals surface area contributed by atoms with Gasteiger partial charge in [0.1, 0.15) is 6.54 Å². The van der Waals surface area contributed by atoms with E-state index in [1.54, 1.807) is 0 Å². The van der Waals surface area contributed by atoms with E-state index in [0.717, 1.165) is 51.4 Å². The van der Waals surface area contributed by atoms with Crippen molar-refractivity contribution in [1.29, 1.82) is 0 Å². The van der Waals surface area contributed by atoms with Crippen LogP contribution in [0.25, 0.3) is 0 Å². The van der Waals surface area contributed by atoms with Crippen molar-refractivity contribution in [2.45, 2.75) is 26.3 Å². The molecule has 4 rings (SSSR count). The molecule has 2 amide bonds. The SMILES string of the molecule is Cc1ccccc1C[NH+]1CCN(C(=O)c2ccc(N3CCCC3=O)cc2)CC1. The van der Waals surface area contributed by atoms with E-state index in [1.165, 1.54) is 16.0 Å². The third-order valence-electron chi connectivity index (χ3n) is 5.96. The van der Waals surface area contributed by atoms with Crippen molar-refractivity contribution in [3.05, 3.63) is 65.2 Å². The van der Waals surface area contributed by atoms with Gasteiger partial charge in [0.2, 0.25) is 5.91 Å². The number of benzene rings is 2. The zero-order chi connectivity index (χ0) is 19.5. The molecule has 0 aromatic heterocycles. The number of rotatable bonds is 4. The minimum Gasteiger partial charge on any atom is -0.328 e. The number of hydrogen-bond acceptors (Lipinski definition) is 2. The van der Waals surface area contributed by atoms with Gasteiger partial charge in [0, 0.05) is 29.8 Å². The molecular formula is C23H28N3O2+. The summed E-state index contributed by atoms with van der Waals surface area (Å²) in [4.78, 5) is 30.0. The molecule has 2 saturated heterocycles. The Kier molecular flexibility index (Phi) is 5.44. The standard InChI is InChI=1S/C23H27N3O2/c1-18-5-2-3-6-20(18)17-24-13-15-25(16-14-24)23(28)19-8-10-21(11-9-19)26-12-4-7-22(26)27/h2-3,5-6,8-11H,4,7,12-17H2,1H3/p+1. The van der Waals surface area contributed by atoms with Gasteiger partial charge in [-0.05, 0) is 43.2 Å². The van der Waals surface area contributed by atoms with E-state index in [0.29, 0.717) is 12.0 Å². The molecule has 5 nitrogen and oxygen atoms in total. The van der Waals surface area contributed by atoms with Crippen LogP contribution in [0.15, 0.2) is 48.5 Å². The number of anilines is 1. The number of nitrogens with zero attached hydrogens (tertiary/aromatic N) is 2. The summed E-state index contributed by atoms with van der Waals surface area (Å²) in [5.74, 6) is 0.265. The molecule has 0 radical (unpaired) electrons. The molecule has 2 fully saturated rings. The summed E-state index contributed by atoms with van der Waals surface area (Å²) in [7, 11) is 0. The number of hydrogen-bond donors (Lipinski definition) is 1. The zero-order valence-electron chi connectivity index (χ0n) is 16.5. The van der Waals surface area contributed by atoms with E-state index in [2.05, 4.69) is 31.2 Å². The van der Waals surface area contributed by atoms with Crippen LogP contribution in [-0.4, -0.2) is 49.4 Å². The minimum absolute atomic E-state index is 0.0919. The van der Waals surface area contributed by atoms with Crippen LogP contribution in [0.3, 0.4) is 0 Å². The molecule has 28 heavy (non-hydrogen) atoms. The predicted molar refractivity (Wildman–Crippen MR) is 110 cm³/mol. The van der Waals surface area contributed by atoms with Crippen LogP contribution in [0.4, 0.5) is 5.69 Å². The van der Waals surface area contributed by atoms with Crippen molar-refractivity contribution in [3.63, 3.8) is 0 Å². The lowest BCUT2D eigenvalue weighted by Gasteiger charge is -2.32. The van der Waals surface area contributed by atoms with Crippen molar-refractivity contribution in [1.82, 2.24) is 4.90 Å².